The van der Waals surface area contributed by atoms with Crippen molar-refractivity contribution in [3.63, 3.8) is 0 Å². The van der Waals surface area contributed by atoms with Crippen LogP contribution < -0.4 is 18.8 Å². The number of ketones is 2. The molecule has 0 saturated carbocycles. The van der Waals surface area contributed by atoms with Crippen molar-refractivity contribution in [2.45, 2.75) is 12.8 Å². The second kappa shape index (κ2) is 18.3. The predicted octanol–water partition coefficient (Wildman–Crippen LogP) is 4.97. The second-order valence-electron chi connectivity index (χ2n) is 14.7. The molecule has 0 amide bonds. The van der Waals surface area contributed by atoms with Crippen molar-refractivity contribution in [1.29, 1.82) is 0 Å². The number of rotatable bonds is 16. The molecule has 14 heteroatoms. The van der Waals surface area contributed by atoms with Crippen molar-refractivity contribution < 1.29 is 35.5 Å². The first-order valence-electron chi connectivity index (χ1n) is 17.4. The van der Waals surface area contributed by atoms with E-state index in [0.29, 0.717) is 44.3 Å². The molecule has 0 radical (unpaired) electrons. The molecule has 0 bridgehead atoms. The maximum Gasteiger partial charge on any atom is 0.193 e. The van der Waals surface area contributed by atoms with Crippen LogP contribution in [0.2, 0.25) is 0 Å². The quantitative estimate of drug-likeness (QED) is 0.0865. The molecule has 12 nitrogen and oxygen atoms in total. The summed E-state index contributed by atoms with van der Waals surface area (Å²) in [6, 6.07) is 29.5. The van der Waals surface area contributed by atoms with E-state index >= 15 is 0 Å². The van der Waals surface area contributed by atoms with Crippen molar-refractivity contribution in [3.8, 4) is 0 Å². The highest BCUT2D eigenvalue weighted by molar-refractivity contribution is 7.85. The van der Waals surface area contributed by atoms with Crippen LogP contribution in [0.25, 0.3) is 0 Å². The molecule has 292 valence electrons. The molecule has 4 rings (SSSR count). The smallest absolute Gasteiger partial charge is 0.193 e. The Hall–Kier alpha value is -4.44. The fourth-order valence-electron chi connectivity index (χ4n) is 5.72. The van der Waals surface area contributed by atoms with Crippen molar-refractivity contribution in [2.75, 3.05) is 90.8 Å². The lowest BCUT2D eigenvalue weighted by atomic mass is 10.0. The van der Waals surface area contributed by atoms with Crippen LogP contribution >= 0.6 is 0 Å². The molecule has 0 N–H and O–H groups in total. The molecule has 0 unspecified atom stereocenters. The molecule has 0 aromatic heterocycles. The summed E-state index contributed by atoms with van der Waals surface area (Å²) < 4.78 is 65.7. The van der Waals surface area contributed by atoms with Gasteiger partial charge in [-0.1, -0.05) is 0 Å². The lowest BCUT2D eigenvalue weighted by molar-refractivity contribution is 0.103. The highest BCUT2D eigenvalue weighted by Crippen LogP contribution is 2.24. The van der Waals surface area contributed by atoms with Crippen LogP contribution in [0, 0.1) is 0 Å². The van der Waals surface area contributed by atoms with E-state index in [1.165, 1.54) is 0 Å². The van der Waals surface area contributed by atoms with E-state index in [2.05, 4.69) is 0 Å². The van der Waals surface area contributed by atoms with Gasteiger partial charge in [0.2, 0.25) is 0 Å². The first-order valence-corrected chi connectivity index (χ1v) is 20.5. The number of quaternary nitrogens is 2. The van der Waals surface area contributed by atoms with Crippen LogP contribution in [0.1, 0.15) is 44.7 Å². The second-order valence-corrected chi connectivity index (χ2v) is 17.7. The fraction of sp³-hybridized carbons (Fsp3) is 0.350. The summed E-state index contributed by atoms with van der Waals surface area (Å²) in [5, 5.41) is 0. The summed E-state index contributed by atoms with van der Waals surface area (Å²) in [4.78, 5) is 29.3. The van der Waals surface area contributed by atoms with Gasteiger partial charge in [0.05, 0.1) is 61.5 Å². The first kappa shape index (κ1) is 44.0. The van der Waals surface area contributed by atoms with Gasteiger partial charge in [-0.25, -0.2) is 16.8 Å². The number of carbonyl (C=O) groups excluding carboxylic acids is 2. The highest BCUT2D eigenvalue weighted by atomic mass is 32.2. The van der Waals surface area contributed by atoms with E-state index in [1.807, 2.05) is 139 Å². The number of anilines is 2. The summed E-state index contributed by atoms with van der Waals surface area (Å²) >= 11 is 0. The van der Waals surface area contributed by atoms with Crippen molar-refractivity contribution in [3.05, 3.63) is 119 Å². The molecule has 0 aliphatic rings. The SMILES string of the molecule is CN(C)c1ccc(C(=O)c2ccc(N(C)C)cc2)cc1.C[N+](C)(CCCS(=O)(=O)[O-])c1ccc(C(=O)c2ccc([N+](C)(C)CCCS(=O)(=O)[O-])cc2)cc1. The normalized spacial score (nSPS) is 12.0. The topological polar surface area (TPSA) is 155 Å². The number of carbonyl (C=O) groups is 2. The summed E-state index contributed by atoms with van der Waals surface area (Å²) in [6.45, 7) is 0.927. The lowest BCUT2D eigenvalue weighted by Gasteiger charge is -2.29. The van der Waals surface area contributed by atoms with Crippen LogP contribution in [0.4, 0.5) is 22.7 Å². The van der Waals surface area contributed by atoms with Crippen LogP contribution in [0.3, 0.4) is 0 Å². The molecule has 0 aliphatic heterocycles. The van der Waals surface area contributed by atoms with Crippen LogP contribution in [0.5, 0.6) is 0 Å². The van der Waals surface area contributed by atoms with Gasteiger partial charge in [0, 0.05) is 86.2 Å². The number of hydrogen-bond acceptors (Lipinski definition) is 10. The Labute approximate surface area is 320 Å². The molecule has 0 spiro atoms. The number of hydrogen-bond donors (Lipinski definition) is 0. The zero-order valence-corrected chi connectivity index (χ0v) is 34.0. The summed E-state index contributed by atoms with van der Waals surface area (Å²) in [5.74, 6) is -0.910. The molecule has 0 heterocycles. The molecule has 0 saturated heterocycles. The standard InChI is InChI=1S/C23H32N2O7S2.C17H20N2O/c1-24(2,15-5-17-33(27,28)29)21-11-7-19(8-12-21)23(26)20-9-13-22(14-10-20)25(3,4)16-6-18-34(30,31)32;1-18(2)15-9-5-13(6-10-15)17(20)14-7-11-16(12-8-14)19(3)4/h7-14H,5-6,15-18H2,1-4H3;5-12H,1-4H3. The van der Waals surface area contributed by atoms with Crippen molar-refractivity contribution >= 4 is 54.6 Å². The summed E-state index contributed by atoms with van der Waals surface area (Å²) in [5.41, 5.74) is 6.39. The van der Waals surface area contributed by atoms with Gasteiger partial charge in [0.1, 0.15) is 11.4 Å². The van der Waals surface area contributed by atoms with E-state index in [9.17, 15) is 35.5 Å². The number of benzene rings is 4. The van der Waals surface area contributed by atoms with Crippen LogP contribution in [0.15, 0.2) is 97.1 Å². The van der Waals surface area contributed by atoms with E-state index in [0.717, 1.165) is 22.7 Å². The molecule has 0 atom stereocenters. The molecule has 0 aliphatic carbocycles. The zero-order valence-electron chi connectivity index (χ0n) is 32.4. The van der Waals surface area contributed by atoms with Gasteiger partial charge >= 0.3 is 0 Å². The first-order chi connectivity index (χ1) is 25.0. The third kappa shape index (κ3) is 13.4. The molecular weight excluding hydrogens is 729 g/mol. The van der Waals surface area contributed by atoms with Gasteiger partial charge in [0.25, 0.3) is 0 Å². The third-order valence-corrected chi connectivity index (χ3v) is 10.7. The lowest BCUT2D eigenvalue weighted by Crippen LogP contribution is -2.42. The molecular formula is C40H52N4O8S2. The minimum absolute atomic E-state index is 0.0561. The Morgan fingerprint density at radius 3 is 0.944 bits per heavy atom. The van der Waals surface area contributed by atoms with E-state index in [-0.39, 0.29) is 24.4 Å². The summed E-state index contributed by atoms with van der Waals surface area (Å²) in [6.07, 6.45) is 0.487. The van der Waals surface area contributed by atoms with Gasteiger partial charge in [-0.3, -0.25) is 18.6 Å². The van der Waals surface area contributed by atoms with Gasteiger partial charge in [0.15, 0.2) is 11.6 Å². The molecule has 54 heavy (non-hydrogen) atoms. The Bertz CT molecular complexity index is 1930. The van der Waals surface area contributed by atoms with Crippen LogP contribution in [-0.2, 0) is 20.2 Å². The Balaban J connectivity index is 0.000000331. The Morgan fingerprint density at radius 1 is 0.481 bits per heavy atom. The molecule has 4 aromatic rings. The van der Waals surface area contributed by atoms with E-state index in [1.54, 1.807) is 24.3 Å². The maximum absolute atomic E-state index is 12.9. The number of nitrogens with zero attached hydrogens (tertiary/aromatic N) is 4. The van der Waals surface area contributed by atoms with Crippen LogP contribution in [-0.4, -0.2) is 118 Å². The van der Waals surface area contributed by atoms with Crippen molar-refractivity contribution in [1.82, 2.24) is 8.97 Å². The van der Waals surface area contributed by atoms with Gasteiger partial charge < -0.3 is 18.9 Å². The average Bonchev–Trinajstić information content (AvgIpc) is 3.10. The Morgan fingerprint density at radius 2 is 0.722 bits per heavy atom. The van der Waals surface area contributed by atoms with Gasteiger partial charge in [-0.2, -0.15) is 0 Å². The van der Waals surface area contributed by atoms with E-state index in [4.69, 9.17) is 0 Å². The minimum atomic E-state index is -4.24. The molecule has 0 fully saturated rings. The average molecular weight is 781 g/mol. The largest absolute Gasteiger partial charge is 0.748 e. The van der Waals surface area contributed by atoms with Crippen molar-refractivity contribution in [2.24, 2.45) is 0 Å². The zero-order chi connectivity index (χ0) is 40.5. The highest BCUT2D eigenvalue weighted by Gasteiger charge is 2.22. The monoisotopic (exact) mass is 780 g/mol. The van der Waals surface area contributed by atoms with E-state index < -0.39 is 31.7 Å². The van der Waals surface area contributed by atoms with Gasteiger partial charge in [-0.05, 0) is 97.1 Å². The molecule has 4 aromatic carbocycles. The third-order valence-electron chi connectivity index (χ3n) is 9.17. The van der Waals surface area contributed by atoms with Gasteiger partial charge in [-0.15, -0.1) is 0 Å². The Kier molecular flexibility index (Phi) is 14.9. The predicted molar refractivity (Wildman–Crippen MR) is 217 cm³/mol. The summed E-state index contributed by atoms with van der Waals surface area (Å²) in [7, 11) is 7.05. The maximum atomic E-state index is 12.9. The minimum Gasteiger partial charge on any atom is -0.748 e. The fourth-order valence-corrected chi connectivity index (χ4v) is 6.68.